The standard InChI is InChI=1S/C27H26N2O5/c1-4-33-22-15-14-19(16-23(22)34-5-2)28-25-24(18-10-7-6-8-11-18)26(30)29(27(25)31)20-12-9-13-21(17-20)32-3/h6-17,28H,4-5H2,1-3H3. The molecular formula is C27H26N2O5. The van der Waals surface area contributed by atoms with Gasteiger partial charge in [0.25, 0.3) is 11.8 Å². The first-order valence-corrected chi connectivity index (χ1v) is 11.1. The number of hydrogen-bond acceptors (Lipinski definition) is 6. The number of nitrogens with zero attached hydrogens (tertiary/aromatic N) is 1. The second-order valence-electron chi connectivity index (χ2n) is 7.42. The predicted molar refractivity (Wildman–Crippen MR) is 131 cm³/mol. The fourth-order valence-corrected chi connectivity index (χ4v) is 3.78. The molecule has 0 saturated carbocycles. The van der Waals surface area contributed by atoms with Gasteiger partial charge in [-0.2, -0.15) is 0 Å². The summed E-state index contributed by atoms with van der Waals surface area (Å²) in [5.74, 6) is 0.845. The van der Waals surface area contributed by atoms with Crippen LogP contribution >= 0.6 is 0 Å². The second kappa shape index (κ2) is 10.1. The fraction of sp³-hybridized carbons (Fsp3) is 0.185. The minimum atomic E-state index is -0.455. The molecule has 1 aliphatic rings. The Kier molecular flexibility index (Phi) is 6.82. The minimum Gasteiger partial charge on any atom is -0.497 e. The summed E-state index contributed by atoms with van der Waals surface area (Å²) in [6, 6.07) is 21.3. The maximum absolute atomic E-state index is 13.6. The van der Waals surface area contributed by atoms with Crippen LogP contribution in [0.1, 0.15) is 19.4 Å². The van der Waals surface area contributed by atoms with E-state index in [4.69, 9.17) is 14.2 Å². The minimum absolute atomic E-state index is 0.186. The number of nitrogens with one attached hydrogen (secondary N) is 1. The van der Waals surface area contributed by atoms with Crippen molar-refractivity contribution >= 4 is 28.8 Å². The number of benzene rings is 3. The number of hydrogen-bond donors (Lipinski definition) is 1. The summed E-state index contributed by atoms with van der Waals surface area (Å²) in [7, 11) is 1.54. The van der Waals surface area contributed by atoms with Crippen LogP contribution in [0.5, 0.6) is 17.2 Å². The third kappa shape index (κ3) is 4.45. The summed E-state index contributed by atoms with van der Waals surface area (Å²) in [4.78, 5) is 28.3. The highest BCUT2D eigenvalue weighted by atomic mass is 16.5. The molecule has 3 aromatic rings. The number of carbonyl (C=O) groups is 2. The molecule has 0 aromatic heterocycles. The van der Waals surface area contributed by atoms with Gasteiger partial charge in [0.2, 0.25) is 0 Å². The van der Waals surface area contributed by atoms with E-state index < -0.39 is 11.8 Å². The number of imide groups is 1. The predicted octanol–water partition coefficient (Wildman–Crippen LogP) is 4.89. The van der Waals surface area contributed by atoms with Gasteiger partial charge in [0, 0.05) is 17.8 Å². The van der Waals surface area contributed by atoms with E-state index in [0.717, 1.165) is 4.90 Å². The lowest BCUT2D eigenvalue weighted by Crippen LogP contribution is -2.32. The topological polar surface area (TPSA) is 77.1 Å². The molecule has 0 atom stereocenters. The zero-order chi connectivity index (χ0) is 24.1. The molecular weight excluding hydrogens is 432 g/mol. The molecule has 0 aliphatic carbocycles. The first kappa shape index (κ1) is 22.9. The van der Waals surface area contributed by atoms with Crippen LogP contribution in [0.25, 0.3) is 5.57 Å². The van der Waals surface area contributed by atoms with E-state index in [1.54, 1.807) is 54.6 Å². The molecule has 7 nitrogen and oxygen atoms in total. The Balaban J connectivity index is 1.77. The number of methoxy groups -OCH3 is 1. The van der Waals surface area contributed by atoms with Crippen molar-refractivity contribution in [2.75, 3.05) is 30.5 Å². The van der Waals surface area contributed by atoms with E-state index in [9.17, 15) is 9.59 Å². The van der Waals surface area contributed by atoms with Gasteiger partial charge >= 0.3 is 0 Å². The molecule has 174 valence electrons. The van der Waals surface area contributed by atoms with Crippen LogP contribution in [0.2, 0.25) is 0 Å². The van der Waals surface area contributed by atoms with E-state index in [-0.39, 0.29) is 5.70 Å². The molecule has 1 aliphatic heterocycles. The highest BCUT2D eigenvalue weighted by molar-refractivity contribution is 6.46. The number of amides is 2. The summed E-state index contributed by atoms with van der Waals surface area (Å²) >= 11 is 0. The SMILES string of the molecule is CCOc1ccc(NC2=C(c3ccccc3)C(=O)N(c3cccc(OC)c3)C2=O)cc1OCC. The normalized spacial score (nSPS) is 13.3. The monoisotopic (exact) mass is 458 g/mol. The van der Waals surface area contributed by atoms with Crippen LogP contribution in [-0.4, -0.2) is 32.1 Å². The Morgan fingerprint density at radius 1 is 0.794 bits per heavy atom. The Bertz CT molecular complexity index is 1240. The largest absolute Gasteiger partial charge is 0.497 e. The molecule has 34 heavy (non-hydrogen) atoms. The van der Waals surface area contributed by atoms with Crippen molar-refractivity contribution in [2.45, 2.75) is 13.8 Å². The smallest absolute Gasteiger partial charge is 0.282 e. The van der Waals surface area contributed by atoms with E-state index >= 15 is 0 Å². The van der Waals surface area contributed by atoms with Gasteiger partial charge in [-0.15, -0.1) is 0 Å². The number of rotatable bonds is 9. The van der Waals surface area contributed by atoms with Crippen LogP contribution < -0.4 is 24.4 Å². The zero-order valence-electron chi connectivity index (χ0n) is 19.3. The highest BCUT2D eigenvalue weighted by Crippen LogP contribution is 2.36. The van der Waals surface area contributed by atoms with Gasteiger partial charge in [-0.1, -0.05) is 36.4 Å². The molecule has 2 amide bonds. The lowest BCUT2D eigenvalue weighted by Gasteiger charge is -2.16. The molecule has 0 radical (unpaired) electrons. The molecule has 1 N–H and O–H groups in total. The molecule has 1 heterocycles. The van der Waals surface area contributed by atoms with Crippen molar-refractivity contribution in [1.82, 2.24) is 0 Å². The number of anilines is 2. The Morgan fingerprint density at radius 3 is 2.24 bits per heavy atom. The summed E-state index contributed by atoms with van der Waals surface area (Å²) in [6.07, 6.45) is 0. The Hall–Kier alpha value is -4.26. The van der Waals surface area contributed by atoms with Crippen molar-refractivity contribution in [2.24, 2.45) is 0 Å². The van der Waals surface area contributed by atoms with Gasteiger partial charge in [-0.25, -0.2) is 4.90 Å². The van der Waals surface area contributed by atoms with Crippen molar-refractivity contribution in [1.29, 1.82) is 0 Å². The number of ether oxygens (including phenoxy) is 3. The van der Waals surface area contributed by atoms with E-state index in [0.29, 0.717) is 53.0 Å². The Morgan fingerprint density at radius 2 is 1.53 bits per heavy atom. The average Bonchev–Trinajstić information content (AvgIpc) is 3.10. The maximum Gasteiger partial charge on any atom is 0.282 e. The van der Waals surface area contributed by atoms with Crippen molar-refractivity contribution in [3.05, 3.63) is 84.1 Å². The maximum atomic E-state index is 13.6. The first-order chi connectivity index (χ1) is 16.6. The molecule has 7 heteroatoms. The molecule has 0 bridgehead atoms. The van der Waals surface area contributed by atoms with Gasteiger partial charge in [0.15, 0.2) is 11.5 Å². The summed E-state index contributed by atoms with van der Waals surface area (Å²) in [6.45, 7) is 4.74. The lowest BCUT2D eigenvalue weighted by molar-refractivity contribution is -0.120. The average molecular weight is 459 g/mol. The van der Waals surface area contributed by atoms with E-state index in [1.807, 2.05) is 32.0 Å². The Labute approximate surface area is 198 Å². The van der Waals surface area contributed by atoms with Crippen molar-refractivity contribution in [3.63, 3.8) is 0 Å². The van der Waals surface area contributed by atoms with Gasteiger partial charge in [-0.3, -0.25) is 9.59 Å². The van der Waals surface area contributed by atoms with E-state index in [1.165, 1.54) is 7.11 Å². The van der Waals surface area contributed by atoms with Crippen LogP contribution in [0.3, 0.4) is 0 Å². The third-order valence-corrected chi connectivity index (χ3v) is 5.27. The summed E-state index contributed by atoms with van der Waals surface area (Å²) < 4.78 is 16.6. The van der Waals surface area contributed by atoms with Crippen molar-refractivity contribution < 1.29 is 23.8 Å². The van der Waals surface area contributed by atoms with Gasteiger partial charge in [0.1, 0.15) is 11.4 Å². The lowest BCUT2D eigenvalue weighted by atomic mass is 10.0. The third-order valence-electron chi connectivity index (χ3n) is 5.27. The molecule has 0 spiro atoms. The summed E-state index contributed by atoms with van der Waals surface area (Å²) in [5.41, 5.74) is 2.15. The first-order valence-electron chi connectivity index (χ1n) is 11.1. The van der Waals surface area contributed by atoms with Crippen LogP contribution in [0, 0.1) is 0 Å². The van der Waals surface area contributed by atoms with Crippen molar-refractivity contribution in [3.8, 4) is 17.2 Å². The number of carbonyl (C=O) groups excluding carboxylic acids is 2. The molecule has 0 saturated heterocycles. The molecule has 4 rings (SSSR count). The zero-order valence-corrected chi connectivity index (χ0v) is 19.3. The van der Waals surface area contributed by atoms with E-state index in [2.05, 4.69) is 5.32 Å². The van der Waals surface area contributed by atoms with Gasteiger partial charge < -0.3 is 19.5 Å². The van der Waals surface area contributed by atoms with Gasteiger partial charge in [-0.05, 0) is 43.7 Å². The molecule has 0 fully saturated rings. The summed E-state index contributed by atoms with van der Waals surface area (Å²) in [5, 5.41) is 3.17. The van der Waals surface area contributed by atoms with Gasteiger partial charge in [0.05, 0.1) is 31.6 Å². The van der Waals surface area contributed by atoms with Crippen LogP contribution in [0.4, 0.5) is 11.4 Å². The molecule has 3 aromatic carbocycles. The fourth-order valence-electron chi connectivity index (χ4n) is 3.78. The van der Waals surface area contributed by atoms with Crippen LogP contribution in [-0.2, 0) is 9.59 Å². The second-order valence-corrected chi connectivity index (χ2v) is 7.42. The molecule has 0 unspecified atom stereocenters. The highest BCUT2D eigenvalue weighted by Gasteiger charge is 2.40. The quantitative estimate of drug-likeness (QED) is 0.460. The van der Waals surface area contributed by atoms with Crippen LogP contribution in [0.15, 0.2) is 78.5 Å².